The molecule has 3 rings (SSSR count). The Balaban J connectivity index is 0.00000121. The Hall–Kier alpha value is -1.63. The van der Waals surface area contributed by atoms with Crippen LogP contribution in [0, 0.1) is 0 Å². The molecule has 120 valence electrons. The minimum atomic E-state index is 0. The van der Waals surface area contributed by atoms with Crippen LogP contribution < -0.4 is 16.8 Å². The van der Waals surface area contributed by atoms with Crippen LogP contribution in [0.25, 0.3) is 0 Å². The smallest absolute Gasteiger partial charge is 0.222 e. The maximum atomic E-state index is 5.82. The van der Waals surface area contributed by atoms with Gasteiger partial charge in [-0.25, -0.2) is 4.98 Å². The number of nitrogens with two attached hydrogens (primary N) is 2. The molecule has 2 aromatic heterocycles. The van der Waals surface area contributed by atoms with E-state index >= 15 is 0 Å². The zero-order valence-corrected chi connectivity index (χ0v) is 13.6. The first-order valence-electron chi connectivity index (χ1n) is 6.73. The van der Waals surface area contributed by atoms with Crippen LogP contribution in [0.3, 0.4) is 0 Å². The zero-order valence-electron chi connectivity index (χ0n) is 12.0. The predicted octanol–water partition coefficient (Wildman–Crippen LogP) is 2.11. The fourth-order valence-corrected chi connectivity index (χ4v) is 2.38. The summed E-state index contributed by atoms with van der Waals surface area (Å²) < 4.78 is 0. The van der Waals surface area contributed by atoms with Gasteiger partial charge in [-0.15, -0.1) is 24.8 Å². The minimum absolute atomic E-state index is 0. The average molecular weight is 343 g/mol. The van der Waals surface area contributed by atoms with Crippen LogP contribution in [-0.2, 0) is 6.54 Å². The number of aromatic nitrogens is 3. The van der Waals surface area contributed by atoms with Gasteiger partial charge in [0, 0.05) is 37.0 Å². The van der Waals surface area contributed by atoms with Crippen molar-refractivity contribution >= 4 is 36.6 Å². The molecule has 22 heavy (non-hydrogen) atoms. The van der Waals surface area contributed by atoms with Crippen molar-refractivity contribution in [3.8, 4) is 0 Å². The quantitative estimate of drug-likeness (QED) is 0.786. The van der Waals surface area contributed by atoms with Crippen molar-refractivity contribution in [3.63, 3.8) is 0 Å². The third-order valence-corrected chi connectivity index (χ3v) is 3.55. The molecule has 1 aliphatic carbocycles. The van der Waals surface area contributed by atoms with Crippen LogP contribution in [0.5, 0.6) is 0 Å². The Bertz CT molecular complexity index is 589. The number of nitrogens with one attached hydrogen (secondary N) is 1. The third-order valence-electron chi connectivity index (χ3n) is 3.55. The summed E-state index contributed by atoms with van der Waals surface area (Å²) in [5.74, 6) is 1.46. The summed E-state index contributed by atoms with van der Waals surface area (Å²) in [7, 11) is 0. The Kier molecular flexibility index (Phi) is 6.80. The van der Waals surface area contributed by atoms with E-state index in [0.29, 0.717) is 24.5 Å². The molecule has 1 fully saturated rings. The second kappa shape index (κ2) is 8.12. The van der Waals surface area contributed by atoms with Crippen molar-refractivity contribution in [3.05, 3.63) is 41.9 Å². The van der Waals surface area contributed by atoms with Gasteiger partial charge in [0.2, 0.25) is 5.95 Å². The van der Waals surface area contributed by atoms with Crippen molar-refractivity contribution in [2.75, 3.05) is 11.1 Å². The van der Waals surface area contributed by atoms with Crippen LogP contribution >= 0.6 is 24.8 Å². The van der Waals surface area contributed by atoms with Gasteiger partial charge in [-0.1, -0.05) is 6.07 Å². The monoisotopic (exact) mass is 342 g/mol. The lowest BCUT2D eigenvalue weighted by molar-refractivity contribution is 0.345. The molecule has 0 aromatic carbocycles. The highest BCUT2D eigenvalue weighted by Crippen LogP contribution is 2.35. The van der Waals surface area contributed by atoms with Gasteiger partial charge in [0.15, 0.2) is 0 Å². The van der Waals surface area contributed by atoms with Crippen molar-refractivity contribution < 1.29 is 0 Å². The Morgan fingerprint density at radius 1 is 1.23 bits per heavy atom. The van der Waals surface area contributed by atoms with Gasteiger partial charge in [-0.2, -0.15) is 4.98 Å². The van der Waals surface area contributed by atoms with Gasteiger partial charge in [0.05, 0.1) is 5.69 Å². The maximum absolute atomic E-state index is 5.82. The Morgan fingerprint density at radius 2 is 2.00 bits per heavy atom. The summed E-state index contributed by atoms with van der Waals surface area (Å²) in [6.45, 7) is 0.661. The van der Waals surface area contributed by atoms with E-state index in [9.17, 15) is 0 Å². The van der Waals surface area contributed by atoms with Gasteiger partial charge in [-0.05, 0) is 24.5 Å². The molecule has 8 heteroatoms. The summed E-state index contributed by atoms with van der Waals surface area (Å²) in [6, 6.07) is 6.18. The standard InChI is InChI=1S/C14H18N6.2ClH/c15-11-4-10(5-11)12-6-13(20-14(16)19-12)18-8-9-2-1-3-17-7-9;;/h1-3,6-7,10-11H,4-5,8,15H2,(H3,16,18,19,20);2*1H. The number of nitrogens with zero attached hydrogens (tertiary/aromatic N) is 3. The molecule has 5 N–H and O–H groups in total. The first kappa shape index (κ1) is 18.4. The van der Waals surface area contributed by atoms with Gasteiger partial charge in [0.25, 0.3) is 0 Å². The molecule has 0 saturated heterocycles. The Labute approximate surface area is 142 Å². The van der Waals surface area contributed by atoms with E-state index < -0.39 is 0 Å². The lowest BCUT2D eigenvalue weighted by atomic mass is 9.78. The molecule has 0 spiro atoms. The molecule has 0 aliphatic heterocycles. The summed E-state index contributed by atoms with van der Waals surface area (Å²) in [6.07, 6.45) is 5.52. The number of nitrogen functional groups attached to an aromatic ring is 1. The fourth-order valence-electron chi connectivity index (χ4n) is 2.38. The molecule has 0 unspecified atom stereocenters. The SMILES string of the molecule is Cl.Cl.Nc1nc(NCc2cccnc2)cc(C2CC(N)C2)n1. The van der Waals surface area contributed by atoms with Crippen LogP contribution in [0.1, 0.15) is 30.0 Å². The minimum Gasteiger partial charge on any atom is -0.368 e. The molecule has 0 amide bonds. The topological polar surface area (TPSA) is 103 Å². The third kappa shape index (κ3) is 4.43. The lowest BCUT2D eigenvalue weighted by Crippen LogP contribution is -2.35. The lowest BCUT2D eigenvalue weighted by Gasteiger charge is -2.32. The largest absolute Gasteiger partial charge is 0.368 e. The molecule has 6 nitrogen and oxygen atoms in total. The van der Waals surface area contributed by atoms with Crippen LogP contribution in [0.4, 0.5) is 11.8 Å². The molecule has 0 bridgehead atoms. The summed E-state index contributed by atoms with van der Waals surface area (Å²) >= 11 is 0. The first-order chi connectivity index (χ1) is 9.70. The van der Waals surface area contributed by atoms with Gasteiger partial charge in [-0.3, -0.25) is 4.98 Å². The highest BCUT2D eigenvalue weighted by Gasteiger charge is 2.29. The predicted molar refractivity (Wildman–Crippen MR) is 92.5 cm³/mol. The molecular formula is C14H20Cl2N6. The van der Waals surface area contributed by atoms with Crippen LogP contribution in [-0.4, -0.2) is 21.0 Å². The summed E-state index contributed by atoms with van der Waals surface area (Å²) in [5.41, 5.74) is 13.7. The number of halogens is 2. The van der Waals surface area contributed by atoms with E-state index in [1.807, 2.05) is 24.4 Å². The maximum Gasteiger partial charge on any atom is 0.222 e. The zero-order chi connectivity index (χ0) is 13.9. The highest BCUT2D eigenvalue weighted by atomic mass is 35.5. The van der Waals surface area contributed by atoms with E-state index in [-0.39, 0.29) is 24.8 Å². The van der Waals surface area contributed by atoms with E-state index in [1.54, 1.807) is 6.20 Å². The molecule has 1 saturated carbocycles. The number of hydrogen-bond acceptors (Lipinski definition) is 6. The summed E-state index contributed by atoms with van der Waals surface area (Å²) in [4.78, 5) is 12.6. The number of hydrogen-bond donors (Lipinski definition) is 3. The number of rotatable bonds is 4. The molecule has 0 atom stereocenters. The van der Waals surface area contributed by atoms with Gasteiger partial charge >= 0.3 is 0 Å². The van der Waals surface area contributed by atoms with E-state index in [1.165, 1.54) is 0 Å². The molecule has 2 heterocycles. The van der Waals surface area contributed by atoms with Gasteiger partial charge < -0.3 is 16.8 Å². The summed E-state index contributed by atoms with van der Waals surface area (Å²) in [5, 5.41) is 3.25. The number of anilines is 2. The van der Waals surface area contributed by atoms with E-state index in [4.69, 9.17) is 11.5 Å². The second-order valence-electron chi connectivity index (χ2n) is 5.18. The fraction of sp³-hybridized carbons (Fsp3) is 0.357. The molecule has 0 radical (unpaired) electrons. The normalized spacial score (nSPS) is 19.3. The van der Waals surface area contributed by atoms with Crippen molar-refractivity contribution in [1.29, 1.82) is 0 Å². The highest BCUT2D eigenvalue weighted by molar-refractivity contribution is 5.85. The second-order valence-corrected chi connectivity index (χ2v) is 5.18. The molecule has 1 aliphatic rings. The molecular weight excluding hydrogens is 323 g/mol. The molecule has 2 aromatic rings. The van der Waals surface area contributed by atoms with Crippen molar-refractivity contribution in [2.45, 2.75) is 31.3 Å². The van der Waals surface area contributed by atoms with Gasteiger partial charge in [0.1, 0.15) is 5.82 Å². The Morgan fingerprint density at radius 3 is 2.64 bits per heavy atom. The van der Waals surface area contributed by atoms with Crippen LogP contribution in [0.2, 0.25) is 0 Å². The van der Waals surface area contributed by atoms with E-state index in [0.717, 1.165) is 29.9 Å². The number of pyridine rings is 1. The first-order valence-corrected chi connectivity index (χ1v) is 6.73. The van der Waals surface area contributed by atoms with Crippen molar-refractivity contribution in [2.24, 2.45) is 5.73 Å². The van der Waals surface area contributed by atoms with E-state index in [2.05, 4.69) is 20.3 Å². The van der Waals surface area contributed by atoms with Crippen LogP contribution in [0.15, 0.2) is 30.6 Å². The van der Waals surface area contributed by atoms with Crippen molar-refractivity contribution in [1.82, 2.24) is 15.0 Å². The average Bonchev–Trinajstić information content (AvgIpc) is 2.42.